The number of rotatable bonds is 8. The Bertz CT molecular complexity index is 1410. The van der Waals surface area contributed by atoms with Gasteiger partial charge < -0.3 is 19.4 Å². The molecule has 0 radical (unpaired) electrons. The topological polar surface area (TPSA) is 71.8 Å². The average Bonchev–Trinajstić information content (AvgIpc) is 2.88. The van der Waals surface area contributed by atoms with Crippen molar-refractivity contribution >= 4 is 27.6 Å². The summed E-state index contributed by atoms with van der Waals surface area (Å²) in [7, 11) is 0. The number of carbonyl (C=O) groups excluding carboxylic acids is 1. The Hall–Kier alpha value is -3.64. The van der Waals surface area contributed by atoms with Gasteiger partial charge in [0.05, 0.1) is 12.0 Å². The molecule has 0 spiro atoms. The van der Waals surface area contributed by atoms with Crippen LogP contribution in [0, 0.1) is 6.92 Å². The summed E-state index contributed by atoms with van der Waals surface area (Å²) in [6.45, 7) is 5.41. The average molecular weight is 485 g/mol. The lowest BCUT2D eigenvalue weighted by atomic mass is 10.0. The monoisotopic (exact) mass is 484 g/mol. The maximum absolute atomic E-state index is 12.9. The van der Waals surface area contributed by atoms with Gasteiger partial charge in [-0.25, -0.2) is 0 Å². The summed E-state index contributed by atoms with van der Waals surface area (Å²) in [5.41, 5.74) is 1.28. The Balaban J connectivity index is 1.03. The minimum atomic E-state index is -0.0304. The summed E-state index contributed by atoms with van der Waals surface area (Å²) in [5, 5.41) is 5.91. The SMILES string of the molecule is Cc1cc(=O)c2ccc(OCCCCN3CCC(NC(=O)c4cccc5ccccc45)CC3)cc2o1. The van der Waals surface area contributed by atoms with Crippen molar-refractivity contribution in [2.75, 3.05) is 26.2 Å². The van der Waals surface area contributed by atoms with E-state index in [2.05, 4.69) is 10.2 Å². The van der Waals surface area contributed by atoms with Gasteiger partial charge in [-0.3, -0.25) is 9.59 Å². The van der Waals surface area contributed by atoms with Crippen LogP contribution in [0.4, 0.5) is 0 Å². The van der Waals surface area contributed by atoms with Crippen molar-refractivity contribution in [2.45, 2.75) is 38.6 Å². The number of amides is 1. The zero-order chi connectivity index (χ0) is 24.9. The second kappa shape index (κ2) is 11.0. The number of benzene rings is 3. The highest BCUT2D eigenvalue weighted by Crippen LogP contribution is 2.21. The van der Waals surface area contributed by atoms with Crippen LogP contribution >= 0.6 is 0 Å². The molecule has 0 unspecified atom stereocenters. The lowest BCUT2D eigenvalue weighted by Crippen LogP contribution is -2.44. The second-order valence-corrected chi connectivity index (χ2v) is 9.55. The van der Waals surface area contributed by atoms with Crippen molar-refractivity contribution in [3.05, 3.63) is 88.3 Å². The number of ether oxygens (including phenoxy) is 1. The third-order valence-electron chi connectivity index (χ3n) is 6.92. The third kappa shape index (κ3) is 5.60. The van der Waals surface area contributed by atoms with E-state index in [1.165, 1.54) is 6.07 Å². The van der Waals surface area contributed by atoms with E-state index in [-0.39, 0.29) is 17.4 Å². The first kappa shape index (κ1) is 24.1. The number of aryl methyl sites for hydroxylation is 1. The fraction of sp³-hybridized carbons (Fsp3) is 0.333. The van der Waals surface area contributed by atoms with Crippen LogP contribution in [0.5, 0.6) is 5.75 Å². The molecule has 0 bridgehead atoms. The van der Waals surface area contributed by atoms with Crippen molar-refractivity contribution in [2.24, 2.45) is 0 Å². The number of piperidine rings is 1. The van der Waals surface area contributed by atoms with Crippen LogP contribution in [-0.4, -0.2) is 43.1 Å². The van der Waals surface area contributed by atoms with E-state index in [0.717, 1.165) is 67.4 Å². The molecule has 6 heteroatoms. The van der Waals surface area contributed by atoms with E-state index in [4.69, 9.17) is 9.15 Å². The fourth-order valence-electron chi connectivity index (χ4n) is 4.96. The lowest BCUT2D eigenvalue weighted by molar-refractivity contribution is 0.0912. The quantitative estimate of drug-likeness (QED) is 0.343. The minimum Gasteiger partial charge on any atom is -0.493 e. The molecule has 1 saturated heterocycles. The predicted molar refractivity (Wildman–Crippen MR) is 143 cm³/mol. The number of fused-ring (bicyclic) bond motifs is 2. The first-order valence-electron chi connectivity index (χ1n) is 12.7. The number of carbonyl (C=O) groups is 1. The normalized spacial score (nSPS) is 14.8. The smallest absolute Gasteiger partial charge is 0.252 e. The van der Waals surface area contributed by atoms with Crippen molar-refractivity contribution < 1.29 is 13.9 Å². The molecule has 0 atom stereocenters. The molecule has 0 aliphatic carbocycles. The van der Waals surface area contributed by atoms with Crippen molar-refractivity contribution in [1.82, 2.24) is 10.2 Å². The second-order valence-electron chi connectivity index (χ2n) is 9.55. The first-order chi connectivity index (χ1) is 17.6. The predicted octanol–water partition coefficient (Wildman–Crippen LogP) is 5.31. The van der Waals surface area contributed by atoms with E-state index in [0.29, 0.717) is 23.3 Å². The van der Waals surface area contributed by atoms with E-state index in [1.807, 2.05) is 48.5 Å². The van der Waals surface area contributed by atoms with E-state index in [1.54, 1.807) is 19.1 Å². The van der Waals surface area contributed by atoms with Crippen molar-refractivity contribution in [1.29, 1.82) is 0 Å². The number of nitrogens with one attached hydrogen (secondary N) is 1. The molecule has 36 heavy (non-hydrogen) atoms. The molecule has 2 heterocycles. The third-order valence-corrected chi connectivity index (χ3v) is 6.92. The maximum Gasteiger partial charge on any atom is 0.252 e. The highest BCUT2D eigenvalue weighted by molar-refractivity contribution is 6.07. The van der Waals surface area contributed by atoms with Gasteiger partial charge in [-0.1, -0.05) is 36.4 Å². The molecule has 1 fully saturated rings. The molecule has 3 aromatic carbocycles. The van der Waals surface area contributed by atoms with Gasteiger partial charge in [0.25, 0.3) is 5.91 Å². The molecule has 1 N–H and O–H groups in total. The zero-order valence-electron chi connectivity index (χ0n) is 20.7. The molecule has 1 aliphatic rings. The van der Waals surface area contributed by atoms with E-state index in [9.17, 15) is 9.59 Å². The number of likely N-dealkylation sites (tertiary alicyclic amines) is 1. The fourth-order valence-corrected chi connectivity index (χ4v) is 4.96. The molecule has 0 saturated carbocycles. The molecule has 6 nitrogen and oxygen atoms in total. The molecular formula is C30H32N2O4. The zero-order valence-corrected chi connectivity index (χ0v) is 20.7. The number of hydrogen-bond acceptors (Lipinski definition) is 5. The van der Waals surface area contributed by atoms with Gasteiger partial charge in [0.15, 0.2) is 5.43 Å². The van der Waals surface area contributed by atoms with Gasteiger partial charge >= 0.3 is 0 Å². The summed E-state index contributed by atoms with van der Waals surface area (Å²) in [4.78, 5) is 27.4. The van der Waals surface area contributed by atoms with Crippen LogP contribution in [0.15, 0.2) is 75.9 Å². The molecular weight excluding hydrogens is 452 g/mol. The Morgan fingerprint density at radius 1 is 1.00 bits per heavy atom. The summed E-state index contributed by atoms with van der Waals surface area (Å²) in [5.74, 6) is 1.34. The molecule has 1 amide bonds. The standard InChI is InChI=1S/C30H32N2O4/c1-21-19-28(33)27-12-11-24(20-29(27)36-21)35-18-5-4-15-32-16-13-23(14-17-32)31-30(34)26-10-6-8-22-7-2-3-9-25(22)26/h2-3,6-12,19-20,23H,4-5,13-18H2,1H3,(H,31,34). The Labute approximate surface area is 210 Å². The summed E-state index contributed by atoms with van der Waals surface area (Å²) in [6, 6.07) is 21.0. The largest absolute Gasteiger partial charge is 0.493 e. The maximum atomic E-state index is 12.9. The highest BCUT2D eigenvalue weighted by Gasteiger charge is 2.21. The Kier molecular flexibility index (Phi) is 7.33. The van der Waals surface area contributed by atoms with Crippen LogP contribution in [0.25, 0.3) is 21.7 Å². The van der Waals surface area contributed by atoms with Gasteiger partial charge in [0.1, 0.15) is 17.1 Å². The lowest BCUT2D eigenvalue weighted by Gasteiger charge is -2.32. The van der Waals surface area contributed by atoms with Crippen LogP contribution < -0.4 is 15.5 Å². The van der Waals surface area contributed by atoms with Crippen molar-refractivity contribution in [3.63, 3.8) is 0 Å². The number of hydrogen-bond donors (Lipinski definition) is 1. The molecule has 186 valence electrons. The van der Waals surface area contributed by atoms with Gasteiger partial charge in [0.2, 0.25) is 0 Å². The van der Waals surface area contributed by atoms with Crippen molar-refractivity contribution in [3.8, 4) is 5.75 Å². The number of unbranched alkanes of at least 4 members (excludes halogenated alkanes) is 1. The Morgan fingerprint density at radius 3 is 2.67 bits per heavy atom. The van der Waals surface area contributed by atoms with Gasteiger partial charge in [-0.2, -0.15) is 0 Å². The molecule has 5 rings (SSSR count). The first-order valence-corrected chi connectivity index (χ1v) is 12.7. The highest BCUT2D eigenvalue weighted by atomic mass is 16.5. The van der Waals surface area contributed by atoms with E-state index < -0.39 is 0 Å². The van der Waals surface area contributed by atoms with Crippen LogP contribution in [0.1, 0.15) is 41.8 Å². The molecule has 4 aromatic rings. The number of nitrogens with zero attached hydrogens (tertiary/aromatic N) is 1. The van der Waals surface area contributed by atoms with Crippen LogP contribution in [0.2, 0.25) is 0 Å². The van der Waals surface area contributed by atoms with Gasteiger partial charge in [-0.05, 0) is 68.1 Å². The van der Waals surface area contributed by atoms with Gasteiger partial charge in [-0.15, -0.1) is 0 Å². The Morgan fingerprint density at radius 2 is 1.81 bits per heavy atom. The van der Waals surface area contributed by atoms with Crippen LogP contribution in [0.3, 0.4) is 0 Å². The molecule has 1 aromatic heterocycles. The minimum absolute atomic E-state index is 0.0190. The molecule has 1 aliphatic heterocycles. The summed E-state index contributed by atoms with van der Waals surface area (Å²) in [6.07, 6.45) is 3.94. The van der Waals surface area contributed by atoms with Crippen LogP contribution in [-0.2, 0) is 0 Å². The van der Waals surface area contributed by atoms with Gasteiger partial charge in [0, 0.05) is 36.8 Å². The summed E-state index contributed by atoms with van der Waals surface area (Å²) < 4.78 is 11.5. The summed E-state index contributed by atoms with van der Waals surface area (Å²) >= 11 is 0. The van der Waals surface area contributed by atoms with E-state index >= 15 is 0 Å².